The van der Waals surface area contributed by atoms with E-state index in [4.69, 9.17) is 11.6 Å². The maximum absolute atomic E-state index is 12.4. The van der Waals surface area contributed by atoms with Crippen molar-refractivity contribution in [3.8, 4) is 0 Å². The van der Waals surface area contributed by atoms with Gasteiger partial charge in [-0.1, -0.05) is 36.7 Å². The fraction of sp³-hybridized carbons (Fsp3) is 0.438. The lowest BCUT2D eigenvalue weighted by Gasteiger charge is -2.26. The van der Waals surface area contributed by atoms with Gasteiger partial charge in [0.05, 0.1) is 5.02 Å². The maximum Gasteiger partial charge on any atom is 0.263 e. The molecule has 1 saturated carbocycles. The highest BCUT2D eigenvalue weighted by atomic mass is 35.5. The van der Waals surface area contributed by atoms with E-state index in [1.807, 2.05) is 24.3 Å². The Labute approximate surface area is 128 Å². The van der Waals surface area contributed by atoms with E-state index in [-0.39, 0.29) is 5.91 Å². The number of rotatable bonds is 2. The fourth-order valence-corrected chi connectivity index (χ4v) is 4.24. The van der Waals surface area contributed by atoms with Crippen LogP contribution in [0, 0.1) is 5.92 Å². The summed E-state index contributed by atoms with van der Waals surface area (Å²) in [6, 6.07) is 8.20. The van der Waals surface area contributed by atoms with Crippen LogP contribution in [-0.2, 0) is 0 Å². The Morgan fingerprint density at radius 3 is 2.65 bits per heavy atom. The average molecular weight is 308 g/mol. The number of thiophene rings is 1. The van der Waals surface area contributed by atoms with Crippen molar-refractivity contribution in [2.24, 2.45) is 5.92 Å². The Kier molecular flexibility index (Phi) is 3.99. The van der Waals surface area contributed by atoms with Crippen molar-refractivity contribution in [3.05, 3.63) is 34.2 Å². The third-order valence-electron chi connectivity index (χ3n) is 4.09. The molecule has 1 N–H and O–H groups in total. The minimum atomic E-state index is -0.0178. The number of hydrogen-bond donors (Lipinski definition) is 1. The molecular weight excluding hydrogens is 290 g/mol. The zero-order valence-electron chi connectivity index (χ0n) is 11.5. The van der Waals surface area contributed by atoms with Crippen molar-refractivity contribution >= 4 is 38.9 Å². The summed E-state index contributed by atoms with van der Waals surface area (Å²) in [6.07, 6.45) is 4.56. The molecule has 0 saturated heterocycles. The molecule has 4 heteroatoms. The van der Waals surface area contributed by atoms with Crippen LogP contribution in [0.3, 0.4) is 0 Å². The van der Waals surface area contributed by atoms with E-state index in [0.29, 0.717) is 15.9 Å². The first kappa shape index (κ1) is 13.9. The lowest BCUT2D eigenvalue weighted by molar-refractivity contribution is 0.0927. The molecule has 1 aromatic carbocycles. The molecule has 1 amide bonds. The smallest absolute Gasteiger partial charge is 0.263 e. The van der Waals surface area contributed by atoms with Gasteiger partial charge in [0.25, 0.3) is 5.91 Å². The van der Waals surface area contributed by atoms with E-state index in [2.05, 4.69) is 12.2 Å². The zero-order valence-corrected chi connectivity index (χ0v) is 13.1. The highest BCUT2D eigenvalue weighted by molar-refractivity contribution is 7.21. The highest BCUT2D eigenvalue weighted by Gasteiger charge is 2.23. The molecular formula is C16H18ClNOS. The third kappa shape index (κ3) is 2.70. The zero-order chi connectivity index (χ0) is 14.1. The number of carbonyl (C=O) groups is 1. The second-order valence-electron chi connectivity index (χ2n) is 5.67. The maximum atomic E-state index is 12.4. The van der Waals surface area contributed by atoms with Crippen molar-refractivity contribution in [1.29, 1.82) is 0 Å². The van der Waals surface area contributed by atoms with Gasteiger partial charge < -0.3 is 5.32 Å². The number of nitrogens with one attached hydrogen (secondary N) is 1. The van der Waals surface area contributed by atoms with Gasteiger partial charge in [0.15, 0.2) is 0 Å². The molecule has 0 atom stereocenters. The molecule has 106 valence electrons. The van der Waals surface area contributed by atoms with Gasteiger partial charge in [-0.05, 0) is 37.7 Å². The number of hydrogen-bond acceptors (Lipinski definition) is 2. The van der Waals surface area contributed by atoms with Gasteiger partial charge in [-0.25, -0.2) is 0 Å². The molecule has 0 bridgehead atoms. The number of halogens is 1. The van der Waals surface area contributed by atoms with E-state index in [0.717, 1.165) is 28.8 Å². The van der Waals surface area contributed by atoms with Crippen LogP contribution in [-0.4, -0.2) is 11.9 Å². The SMILES string of the molecule is CC1CCC(NC(=O)c2sc3ccccc3c2Cl)CC1. The minimum absolute atomic E-state index is 0.0178. The monoisotopic (exact) mass is 307 g/mol. The van der Waals surface area contributed by atoms with Gasteiger partial charge in [-0.15, -0.1) is 11.3 Å². The molecule has 3 rings (SSSR count). The lowest BCUT2D eigenvalue weighted by atomic mass is 9.87. The van der Waals surface area contributed by atoms with E-state index in [1.165, 1.54) is 24.2 Å². The second kappa shape index (κ2) is 5.74. The van der Waals surface area contributed by atoms with Crippen LogP contribution in [0.25, 0.3) is 10.1 Å². The minimum Gasteiger partial charge on any atom is -0.349 e. The topological polar surface area (TPSA) is 29.1 Å². The van der Waals surface area contributed by atoms with Crippen LogP contribution in [0.4, 0.5) is 0 Å². The summed E-state index contributed by atoms with van der Waals surface area (Å²) in [7, 11) is 0. The standard InChI is InChI=1S/C16H18ClNOS/c1-10-6-8-11(9-7-10)18-16(19)15-14(17)12-4-2-3-5-13(12)20-15/h2-5,10-11H,6-9H2,1H3,(H,18,19). The number of benzene rings is 1. The molecule has 1 fully saturated rings. The molecule has 0 aliphatic heterocycles. The van der Waals surface area contributed by atoms with Gasteiger partial charge >= 0.3 is 0 Å². The van der Waals surface area contributed by atoms with Gasteiger partial charge in [0.2, 0.25) is 0 Å². The van der Waals surface area contributed by atoms with Crippen molar-refractivity contribution < 1.29 is 4.79 Å². The number of carbonyl (C=O) groups excluding carboxylic acids is 1. The van der Waals surface area contributed by atoms with E-state index in [1.54, 1.807) is 0 Å². The van der Waals surface area contributed by atoms with Gasteiger partial charge in [-0.2, -0.15) is 0 Å². The summed E-state index contributed by atoms with van der Waals surface area (Å²) >= 11 is 7.82. The summed E-state index contributed by atoms with van der Waals surface area (Å²) in [6.45, 7) is 2.28. The van der Waals surface area contributed by atoms with Gasteiger partial charge in [0.1, 0.15) is 4.88 Å². The summed E-state index contributed by atoms with van der Waals surface area (Å²) in [5, 5.41) is 4.71. The van der Waals surface area contributed by atoms with Crippen LogP contribution in [0.1, 0.15) is 42.3 Å². The molecule has 0 spiro atoms. The molecule has 0 unspecified atom stereocenters. The Balaban J connectivity index is 1.77. The van der Waals surface area contributed by atoms with Gasteiger partial charge in [0, 0.05) is 16.1 Å². The van der Waals surface area contributed by atoms with Gasteiger partial charge in [-0.3, -0.25) is 4.79 Å². The van der Waals surface area contributed by atoms with Crippen molar-refractivity contribution in [3.63, 3.8) is 0 Å². The Hall–Kier alpha value is -1.06. The van der Waals surface area contributed by atoms with Crippen LogP contribution < -0.4 is 5.32 Å². The number of amides is 1. The first-order valence-corrected chi connectivity index (χ1v) is 8.32. The lowest BCUT2D eigenvalue weighted by Crippen LogP contribution is -2.37. The van der Waals surface area contributed by atoms with Crippen LogP contribution in [0.15, 0.2) is 24.3 Å². The van der Waals surface area contributed by atoms with Crippen molar-refractivity contribution in [1.82, 2.24) is 5.32 Å². The van der Waals surface area contributed by atoms with Crippen LogP contribution in [0.2, 0.25) is 5.02 Å². The largest absolute Gasteiger partial charge is 0.349 e. The summed E-state index contributed by atoms with van der Waals surface area (Å²) in [5.74, 6) is 0.770. The summed E-state index contributed by atoms with van der Waals surface area (Å²) in [4.78, 5) is 13.0. The molecule has 1 aliphatic rings. The summed E-state index contributed by atoms with van der Waals surface area (Å²) in [5.41, 5.74) is 0. The quantitative estimate of drug-likeness (QED) is 0.843. The molecule has 2 nitrogen and oxygen atoms in total. The number of fused-ring (bicyclic) bond motifs is 1. The van der Waals surface area contributed by atoms with Crippen LogP contribution >= 0.6 is 22.9 Å². The predicted octanol–water partition coefficient (Wildman–Crippen LogP) is 4.86. The molecule has 0 radical (unpaired) electrons. The Morgan fingerprint density at radius 1 is 1.25 bits per heavy atom. The Bertz CT molecular complexity index is 628. The van der Waals surface area contributed by atoms with Crippen LogP contribution in [0.5, 0.6) is 0 Å². The molecule has 20 heavy (non-hydrogen) atoms. The predicted molar refractivity (Wildman–Crippen MR) is 85.7 cm³/mol. The Morgan fingerprint density at radius 2 is 1.95 bits per heavy atom. The highest BCUT2D eigenvalue weighted by Crippen LogP contribution is 2.35. The third-order valence-corrected chi connectivity index (χ3v) is 5.77. The fourth-order valence-electron chi connectivity index (χ4n) is 2.82. The van der Waals surface area contributed by atoms with E-state index in [9.17, 15) is 4.79 Å². The normalized spacial score (nSPS) is 22.9. The average Bonchev–Trinajstić information content (AvgIpc) is 2.79. The van der Waals surface area contributed by atoms with Crippen molar-refractivity contribution in [2.75, 3.05) is 0 Å². The molecule has 1 aliphatic carbocycles. The molecule has 1 aromatic heterocycles. The second-order valence-corrected chi connectivity index (χ2v) is 7.10. The van der Waals surface area contributed by atoms with E-state index >= 15 is 0 Å². The van der Waals surface area contributed by atoms with Crippen molar-refractivity contribution in [2.45, 2.75) is 38.6 Å². The molecule has 1 heterocycles. The molecule has 2 aromatic rings. The van der Waals surface area contributed by atoms with E-state index < -0.39 is 0 Å². The first-order valence-electron chi connectivity index (χ1n) is 7.13. The first-order chi connectivity index (χ1) is 9.65. The summed E-state index contributed by atoms with van der Waals surface area (Å²) < 4.78 is 1.07.